The summed E-state index contributed by atoms with van der Waals surface area (Å²) in [5, 5.41) is 7.75. The molecular weight excluding hydrogens is 314 g/mol. The minimum atomic E-state index is -0.318. The Bertz CT molecular complexity index is 718. The van der Waals surface area contributed by atoms with Gasteiger partial charge >= 0.3 is 0 Å². The van der Waals surface area contributed by atoms with Crippen LogP contribution in [0.3, 0.4) is 0 Å². The summed E-state index contributed by atoms with van der Waals surface area (Å²) in [7, 11) is 1.74. The molecule has 1 aliphatic carbocycles. The maximum atomic E-state index is 12.5. The molecule has 2 unspecified atom stereocenters. The Balaban J connectivity index is 1.82. The molecule has 1 aromatic carbocycles. The van der Waals surface area contributed by atoms with Crippen LogP contribution < -0.4 is 10.9 Å². The zero-order valence-corrected chi connectivity index (χ0v) is 13.8. The maximum absolute atomic E-state index is 12.5. The molecule has 6 heteroatoms. The third-order valence-electron chi connectivity index (χ3n) is 4.24. The van der Waals surface area contributed by atoms with Crippen molar-refractivity contribution < 1.29 is 4.74 Å². The Morgan fingerprint density at radius 2 is 2.09 bits per heavy atom. The quantitative estimate of drug-likeness (QED) is 0.933. The summed E-state index contributed by atoms with van der Waals surface area (Å²) in [6.07, 6.45) is 6.01. The van der Waals surface area contributed by atoms with Crippen molar-refractivity contribution in [1.29, 1.82) is 0 Å². The van der Waals surface area contributed by atoms with Crippen LogP contribution in [0.2, 0.25) is 5.02 Å². The number of hydrogen-bond acceptors (Lipinski definition) is 4. The molecule has 1 fully saturated rings. The molecule has 0 saturated heterocycles. The monoisotopic (exact) mass is 333 g/mol. The molecule has 1 saturated carbocycles. The van der Waals surface area contributed by atoms with Crippen LogP contribution in [-0.4, -0.2) is 29.0 Å². The number of para-hydroxylation sites is 1. The highest BCUT2D eigenvalue weighted by Crippen LogP contribution is 2.25. The molecule has 5 nitrogen and oxygen atoms in total. The number of hydrogen-bond donors (Lipinski definition) is 1. The summed E-state index contributed by atoms with van der Waals surface area (Å²) in [5.74, 6) is 0. The minimum Gasteiger partial charge on any atom is -0.381 e. The van der Waals surface area contributed by atoms with Gasteiger partial charge in [0.15, 0.2) is 0 Å². The molecule has 122 valence electrons. The lowest BCUT2D eigenvalue weighted by Crippen LogP contribution is -2.32. The van der Waals surface area contributed by atoms with Crippen LogP contribution in [-0.2, 0) is 4.74 Å². The van der Waals surface area contributed by atoms with Gasteiger partial charge in [0, 0.05) is 13.2 Å². The molecule has 0 aliphatic heterocycles. The van der Waals surface area contributed by atoms with Crippen LogP contribution in [0.4, 0.5) is 5.69 Å². The third kappa shape index (κ3) is 3.57. The van der Waals surface area contributed by atoms with Crippen molar-refractivity contribution in [2.75, 3.05) is 12.4 Å². The molecule has 23 heavy (non-hydrogen) atoms. The molecular formula is C17H20ClN3O2. The maximum Gasteiger partial charge on any atom is 0.292 e. The van der Waals surface area contributed by atoms with Gasteiger partial charge < -0.3 is 10.1 Å². The Morgan fingerprint density at radius 3 is 2.83 bits per heavy atom. The van der Waals surface area contributed by atoms with Gasteiger partial charge in [-0.15, -0.1) is 0 Å². The van der Waals surface area contributed by atoms with Crippen LogP contribution >= 0.6 is 11.6 Å². The van der Waals surface area contributed by atoms with E-state index in [1.807, 2.05) is 30.3 Å². The lowest BCUT2D eigenvalue weighted by atomic mass is 9.93. The van der Waals surface area contributed by atoms with Crippen molar-refractivity contribution in [3.05, 3.63) is 51.9 Å². The Kier molecular flexibility index (Phi) is 4.98. The molecule has 1 heterocycles. The summed E-state index contributed by atoms with van der Waals surface area (Å²) in [4.78, 5) is 12.5. The molecule has 0 bridgehead atoms. The highest BCUT2D eigenvalue weighted by molar-refractivity contribution is 6.32. The van der Waals surface area contributed by atoms with Crippen molar-refractivity contribution in [2.45, 2.75) is 37.8 Å². The van der Waals surface area contributed by atoms with Gasteiger partial charge in [-0.3, -0.25) is 4.79 Å². The second-order valence-corrected chi connectivity index (χ2v) is 6.17. The van der Waals surface area contributed by atoms with E-state index in [0.717, 1.165) is 25.7 Å². The third-order valence-corrected chi connectivity index (χ3v) is 4.60. The average molecular weight is 334 g/mol. The molecule has 3 rings (SSSR count). The SMILES string of the molecule is COC1CCCC(Nc2cnn(-c3ccccc3)c(=O)c2Cl)C1. The number of methoxy groups -OCH3 is 1. The van der Waals surface area contributed by atoms with E-state index in [0.29, 0.717) is 11.4 Å². The van der Waals surface area contributed by atoms with Gasteiger partial charge in [-0.2, -0.15) is 9.78 Å². The zero-order valence-electron chi connectivity index (χ0n) is 13.0. The van der Waals surface area contributed by atoms with E-state index in [9.17, 15) is 4.79 Å². The van der Waals surface area contributed by atoms with E-state index in [2.05, 4.69) is 10.4 Å². The molecule has 1 aromatic heterocycles. The summed E-state index contributed by atoms with van der Waals surface area (Å²) in [5.41, 5.74) is 0.968. The fraction of sp³-hybridized carbons (Fsp3) is 0.412. The van der Waals surface area contributed by atoms with Gasteiger partial charge in [0.2, 0.25) is 0 Å². The molecule has 2 aromatic rings. The Hall–Kier alpha value is -1.85. The van der Waals surface area contributed by atoms with Gasteiger partial charge in [0.1, 0.15) is 5.02 Å². The minimum absolute atomic E-state index is 0.170. The Morgan fingerprint density at radius 1 is 1.30 bits per heavy atom. The number of nitrogens with zero attached hydrogens (tertiary/aromatic N) is 2. The van der Waals surface area contributed by atoms with E-state index >= 15 is 0 Å². The fourth-order valence-electron chi connectivity index (χ4n) is 3.00. The molecule has 0 radical (unpaired) electrons. The highest BCUT2D eigenvalue weighted by Gasteiger charge is 2.23. The fourth-order valence-corrected chi connectivity index (χ4v) is 3.18. The molecule has 2 atom stereocenters. The van der Waals surface area contributed by atoms with Crippen molar-refractivity contribution >= 4 is 17.3 Å². The van der Waals surface area contributed by atoms with E-state index in [4.69, 9.17) is 16.3 Å². The smallest absolute Gasteiger partial charge is 0.292 e. The number of benzene rings is 1. The first-order valence-corrected chi connectivity index (χ1v) is 8.19. The zero-order chi connectivity index (χ0) is 16.2. The predicted molar refractivity (Wildman–Crippen MR) is 91.5 cm³/mol. The number of halogens is 1. The van der Waals surface area contributed by atoms with Crippen LogP contribution in [0, 0.1) is 0 Å². The topological polar surface area (TPSA) is 56.1 Å². The number of nitrogens with one attached hydrogen (secondary N) is 1. The van der Waals surface area contributed by atoms with Crippen molar-refractivity contribution in [3.8, 4) is 5.69 Å². The van der Waals surface area contributed by atoms with E-state index in [1.165, 1.54) is 4.68 Å². The first kappa shape index (κ1) is 16.0. The second kappa shape index (κ2) is 7.15. The first-order valence-electron chi connectivity index (χ1n) is 7.81. The summed E-state index contributed by atoms with van der Waals surface area (Å²) >= 11 is 6.27. The lowest BCUT2D eigenvalue weighted by molar-refractivity contribution is 0.0669. The first-order chi connectivity index (χ1) is 11.2. The van der Waals surface area contributed by atoms with Gasteiger partial charge in [-0.1, -0.05) is 29.8 Å². The Labute approximate surface area is 140 Å². The normalized spacial score (nSPS) is 21.1. The van der Waals surface area contributed by atoms with Crippen LogP contribution in [0.5, 0.6) is 0 Å². The summed E-state index contributed by atoms with van der Waals surface area (Å²) in [6.45, 7) is 0. The largest absolute Gasteiger partial charge is 0.381 e. The summed E-state index contributed by atoms with van der Waals surface area (Å²) < 4.78 is 6.75. The number of anilines is 1. The average Bonchev–Trinajstić information content (AvgIpc) is 2.60. The van der Waals surface area contributed by atoms with Gasteiger partial charge in [0.25, 0.3) is 5.56 Å². The highest BCUT2D eigenvalue weighted by atomic mass is 35.5. The van der Waals surface area contributed by atoms with E-state index in [1.54, 1.807) is 13.3 Å². The van der Waals surface area contributed by atoms with Crippen LogP contribution in [0.1, 0.15) is 25.7 Å². The van der Waals surface area contributed by atoms with Crippen LogP contribution in [0.25, 0.3) is 5.69 Å². The van der Waals surface area contributed by atoms with Crippen molar-refractivity contribution in [3.63, 3.8) is 0 Å². The summed E-state index contributed by atoms with van der Waals surface area (Å²) in [6, 6.07) is 9.50. The number of aromatic nitrogens is 2. The molecule has 1 N–H and O–H groups in total. The van der Waals surface area contributed by atoms with Crippen molar-refractivity contribution in [2.24, 2.45) is 0 Å². The predicted octanol–water partition coefficient (Wildman–Crippen LogP) is 3.26. The standard InChI is InChI=1S/C17H20ClN3O2/c1-23-14-9-5-6-12(10-14)20-15-11-19-21(17(22)16(15)18)13-7-3-2-4-8-13/h2-4,7-8,11-12,14,20H,5-6,9-10H2,1H3. The molecule has 0 amide bonds. The van der Waals surface area contributed by atoms with E-state index in [-0.39, 0.29) is 22.7 Å². The molecule has 1 aliphatic rings. The number of rotatable bonds is 4. The van der Waals surface area contributed by atoms with Crippen LogP contribution in [0.15, 0.2) is 41.3 Å². The molecule has 0 spiro atoms. The van der Waals surface area contributed by atoms with E-state index < -0.39 is 0 Å². The van der Waals surface area contributed by atoms with Gasteiger partial charge in [-0.25, -0.2) is 0 Å². The lowest BCUT2D eigenvalue weighted by Gasteiger charge is -2.29. The van der Waals surface area contributed by atoms with Crippen molar-refractivity contribution in [1.82, 2.24) is 9.78 Å². The second-order valence-electron chi connectivity index (χ2n) is 5.79. The van der Waals surface area contributed by atoms with Gasteiger partial charge in [0.05, 0.1) is 23.7 Å². The number of ether oxygens (including phenoxy) is 1. The van der Waals surface area contributed by atoms with Gasteiger partial charge in [-0.05, 0) is 37.8 Å².